The number of carbonyl (C=O) groups excluding carboxylic acids is 1. The van der Waals surface area contributed by atoms with Gasteiger partial charge in [-0.05, 0) is 26.0 Å². The van der Waals surface area contributed by atoms with E-state index in [1.807, 2.05) is 11.8 Å². The van der Waals surface area contributed by atoms with Crippen LogP contribution in [0.15, 0.2) is 18.2 Å². The number of aliphatic hydroxyl groups is 1. The zero-order chi connectivity index (χ0) is 14.0. The summed E-state index contributed by atoms with van der Waals surface area (Å²) in [5.41, 5.74) is 2.83. The van der Waals surface area contributed by atoms with Crippen molar-refractivity contribution >= 4 is 5.91 Å². The Balaban J connectivity index is 2.32. The van der Waals surface area contributed by atoms with Crippen LogP contribution in [0.5, 0.6) is 5.75 Å². The van der Waals surface area contributed by atoms with Crippen LogP contribution in [0.25, 0.3) is 0 Å². The van der Waals surface area contributed by atoms with Gasteiger partial charge >= 0.3 is 0 Å². The Kier molecular flexibility index (Phi) is 4.04. The number of hydrogen-bond acceptors (Lipinski definition) is 5. The minimum Gasteiger partial charge on any atom is -0.489 e. The average Bonchev–Trinajstić information content (AvgIpc) is 2.54. The van der Waals surface area contributed by atoms with E-state index in [1.54, 1.807) is 30.6 Å². The Morgan fingerprint density at radius 3 is 2.95 bits per heavy atom. The van der Waals surface area contributed by atoms with E-state index in [4.69, 9.17) is 9.94 Å². The molecule has 0 spiro atoms. The first-order chi connectivity index (χ1) is 9.01. The molecule has 0 aliphatic carbocycles. The van der Waals surface area contributed by atoms with Crippen molar-refractivity contribution in [3.8, 4) is 5.75 Å². The van der Waals surface area contributed by atoms with Gasteiger partial charge in [-0.3, -0.25) is 14.9 Å². The molecule has 6 heteroatoms. The van der Waals surface area contributed by atoms with Gasteiger partial charge in [-0.25, -0.2) is 5.48 Å². The number of hydroxylamine groups is 1. The molecule has 1 unspecified atom stereocenters. The number of fused-ring (bicyclic) bond motifs is 1. The van der Waals surface area contributed by atoms with Crippen LogP contribution in [-0.4, -0.2) is 40.0 Å². The normalized spacial score (nSPS) is 20.9. The van der Waals surface area contributed by atoms with E-state index in [9.17, 15) is 9.90 Å². The maximum Gasteiger partial charge on any atom is 0.274 e. The summed E-state index contributed by atoms with van der Waals surface area (Å²) in [5, 5.41) is 18.3. The predicted molar refractivity (Wildman–Crippen MR) is 67.9 cm³/mol. The van der Waals surface area contributed by atoms with Gasteiger partial charge in [0.1, 0.15) is 18.1 Å². The van der Waals surface area contributed by atoms with Crippen LogP contribution in [0.3, 0.4) is 0 Å². The zero-order valence-corrected chi connectivity index (χ0v) is 11.0. The highest BCUT2D eigenvalue weighted by molar-refractivity contribution is 5.93. The molecule has 1 aromatic rings. The Morgan fingerprint density at radius 1 is 1.58 bits per heavy atom. The van der Waals surface area contributed by atoms with E-state index in [1.165, 1.54) is 0 Å². The summed E-state index contributed by atoms with van der Waals surface area (Å²) >= 11 is 0. The molecule has 104 valence electrons. The van der Waals surface area contributed by atoms with E-state index in [0.29, 0.717) is 24.4 Å². The van der Waals surface area contributed by atoms with Crippen LogP contribution >= 0.6 is 0 Å². The fourth-order valence-corrected chi connectivity index (χ4v) is 2.15. The molecule has 0 radical (unpaired) electrons. The average molecular weight is 266 g/mol. The first kappa shape index (κ1) is 13.8. The number of aliphatic hydroxyl groups excluding tert-OH is 1. The molecule has 0 aromatic heterocycles. The molecule has 1 aromatic carbocycles. The molecular formula is C13H18N2O4. The fourth-order valence-electron chi connectivity index (χ4n) is 2.15. The quantitative estimate of drug-likeness (QED) is 0.543. The maximum atomic E-state index is 11.4. The summed E-state index contributed by atoms with van der Waals surface area (Å²) in [5.74, 6) is 0.0347. The second-order valence-electron chi connectivity index (χ2n) is 4.75. The Bertz CT molecular complexity index is 476. The first-order valence-electron chi connectivity index (χ1n) is 6.17. The number of nitrogens with zero attached hydrogens (tertiary/aromatic N) is 1. The molecule has 0 saturated carbocycles. The molecule has 2 rings (SSSR count). The lowest BCUT2D eigenvalue weighted by Gasteiger charge is -2.24. The van der Waals surface area contributed by atoms with E-state index in [2.05, 4.69) is 0 Å². The van der Waals surface area contributed by atoms with Crippen LogP contribution in [0.1, 0.15) is 29.8 Å². The third kappa shape index (κ3) is 3.04. The maximum absolute atomic E-state index is 11.4. The van der Waals surface area contributed by atoms with E-state index in [0.717, 1.165) is 5.56 Å². The molecule has 1 aliphatic heterocycles. The molecule has 1 amide bonds. The third-order valence-electron chi connectivity index (χ3n) is 3.15. The van der Waals surface area contributed by atoms with Gasteiger partial charge in [0.15, 0.2) is 0 Å². The number of hydrogen-bond donors (Lipinski definition) is 3. The Labute approximate surface area is 111 Å². The molecule has 6 nitrogen and oxygen atoms in total. The largest absolute Gasteiger partial charge is 0.489 e. The highest BCUT2D eigenvalue weighted by Crippen LogP contribution is 2.27. The minimum absolute atomic E-state index is 0.0942. The van der Waals surface area contributed by atoms with Gasteiger partial charge < -0.3 is 9.84 Å². The minimum atomic E-state index is -0.573. The standard InChI is InChI=1S/C13H18N2O4/c1-8-6-15(9(2)16)7-11-4-3-10(13(17)14-18)5-12(11)19-8/h3-5,8-9,16,18H,6-7H2,1-2H3,(H,14,17)/t8-,9?/m1/s1. The molecule has 2 atom stereocenters. The van der Waals surface area contributed by atoms with Crippen molar-refractivity contribution in [2.24, 2.45) is 0 Å². The molecular weight excluding hydrogens is 248 g/mol. The predicted octanol–water partition coefficient (Wildman–Crippen LogP) is 0.727. The fraction of sp³-hybridized carbons (Fsp3) is 0.462. The topological polar surface area (TPSA) is 82.0 Å². The van der Waals surface area contributed by atoms with Crippen molar-refractivity contribution in [3.63, 3.8) is 0 Å². The van der Waals surface area contributed by atoms with Crippen molar-refractivity contribution < 1.29 is 19.8 Å². The number of rotatable bonds is 2. The van der Waals surface area contributed by atoms with E-state index >= 15 is 0 Å². The van der Waals surface area contributed by atoms with Gasteiger partial charge in [-0.1, -0.05) is 6.07 Å². The van der Waals surface area contributed by atoms with Crippen LogP contribution in [0.2, 0.25) is 0 Å². The van der Waals surface area contributed by atoms with Gasteiger partial charge in [0.2, 0.25) is 0 Å². The third-order valence-corrected chi connectivity index (χ3v) is 3.15. The second kappa shape index (κ2) is 5.56. The van der Waals surface area contributed by atoms with E-state index in [-0.39, 0.29) is 6.10 Å². The summed E-state index contributed by atoms with van der Waals surface area (Å²) < 4.78 is 5.76. The molecule has 0 fully saturated rings. The highest BCUT2D eigenvalue weighted by atomic mass is 16.5. The molecule has 0 saturated heterocycles. The van der Waals surface area contributed by atoms with Gasteiger partial charge in [-0.2, -0.15) is 0 Å². The summed E-state index contributed by atoms with van der Waals surface area (Å²) in [7, 11) is 0. The number of benzene rings is 1. The van der Waals surface area contributed by atoms with Crippen molar-refractivity contribution in [2.45, 2.75) is 32.7 Å². The summed E-state index contributed by atoms with van der Waals surface area (Å²) in [6.07, 6.45) is -0.652. The van der Waals surface area contributed by atoms with Gasteiger partial charge in [0.05, 0.1) is 0 Å². The Hall–Kier alpha value is -1.63. The number of carbonyl (C=O) groups is 1. The lowest BCUT2D eigenvalue weighted by molar-refractivity contribution is -0.00102. The van der Waals surface area contributed by atoms with Crippen molar-refractivity contribution in [1.82, 2.24) is 10.4 Å². The lowest BCUT2D eigenvalue weighted by Crippen LogP contribution is -2.37. The summed E-state index contributed by atoms with van der Waals surface area (Å²) in [4.78, 5) is 13.3. The number of ether oxygens (including phenoxy) is 1. The SMILES string of the molecule is CC(O)N1Cc2ccc(C(=O)NO)cc2O[C@H](C)C1. The van der Waals surface area contributed by atoms with Crippen LogP contribution < -0.4 is 10.2 Å². The van der Waals surface area contributed by atoms with Gasteiger partial charge in [0.25, 0.3) is 5.91 Å². The smallest absolute Gasteiger partial charge is 0.274 e. The monoisotopic (exact) mass is 266 g/mol. The van der Waals surface area contributed by atoms with Gasteiger partial charge in [0, 0.05) is 24.2 Å². The highest BCUT2D eigenvalue weighted by Gasteiger charge is 2.23. The van der Waals surface area contributed by atoms with Crippen LogP contribution in [0.4, 0.5) is 0 Å². The second-order valence-corrected chi connectivity index (χ2v) is 4.75. The molecule has 19 heavy (non-hydrogen) atoms. The van der Waals surface area contributed by atoms with Crippen molar-refractivity contribution in [3.05, 3.63) is 29.3 Å². The first-order valence-corrected chi connectivity index (χ1v) is 6.17. The molecule has 1 aliphatic rings. The number of nitrogens with one attached hydrogen (secondary N) is 1. The van der Waals surface area contributed by atoms with Crippen LogP contribution in [-0.2, 0) is 6.54 Å². The van der Waals surface area contributed by atoms with Gasteiger partial charge in [-0.15, -0.1) is 0 Å². The number of amides is 1. The lowest BCUT2D eigenvalue weighted by atomic mass is 10.1. The van der Waals surface area contributed by atoms with Crippen molar-refractivity contribution in [1.29, 1.82) is 0 Å². The molecule has 3 N–H and O–H groups in total. The Morgan fingerprint density at radius 2 is 2.32 bits per heavy atom. The van der Waals surface area contributed by atoms with Crippen LogP contribution in [0, 0.1) is 0 Å². The molecule has 0 bridgehead atoms. The summed E-state index contributed by atoms with van der Waals surface area (Å²) in [6, 6.07) is 4.99. The van der Waals surface area contributed by atoms with Crippen molar-refractivity contribution in [2.75, 3.05) is 6.54 Å². The molecule has 1 heterocycles. The van der Waals surface area contributed by atoms with E-state index < -0.39 is 12.1 Å². The zero-order valence-electron chi connectivity index (χ0n) is 11.0. The summed E-state index contributed by atoms with van der Waals surface area (Å²) in [6.45, 7) is 4.78.